The van der Waals surface area contributed by atoms with Crippen molar-refractivity contribution in [3.63, 3.8) is 0 Å². The van der Waals surface area contributed by atoms with E-state index < -0.39 is 0 Å². The second-order valence-electron chi connectivity index (χ2n) is 15.2. The second-order valence-corrected chi connectivity index (χ2v) is 17.3. The Labute approximate surface area is 341 Å². The zero-order valence-corrected chi connectivity index (χ0v) is 32.7. The summed E-state index contributed by atoms with van der Waals surface area (Å²) in [6.45, 7) is 0. The van der Waals surface area contributed by atoms with Gasteiger partial charge >= 0.3 is 0 Å². The number of furan rings is 1. The van der Waals surface area contributed by atoms with Gasteiger partial charge in [0.1, 0.15) is 11.2 Å². The van der Waals surface area contributed by atoms with Crippen LogP contribution in [0, 0.1) is 0 Å². The van der Waals surface area contributed by atoms with Crippen molar-refractivity contribution in [2.75, 3.05) is 4.90 Å². The van der Waals surface area contributed by atoms with E-state index in [1.54, 1.807) is 0 Å². The Balaban J connectivity index is 1.03. The van der Waals surface area contributed by atoms with Crippen LogP contribution in [0.5, 0.6) is 0 Å². The van der Waals surface area contributed by atoms with Gasteiger partial charge < -0.3 is 9.32 Å². The molecule has 13 aromatic rings. The van der Waals surface area contributed by atoms with Gasteiger partial charge in [0, 0.05) is 57.8 Å². The van der Waals surface area contributed by atoms with Crippen LogP contribution in [-0.4, -0.2) is 0 Å². The fourth-order valence-corrected chi connectivity index (χ4v) is 11.8. The lowest BCUT2D eigenvalue weighted by Gasteiger charge is -2.27. The van der Waals surface area contributed by atoms with Gasteiger partial charge in [0.15, 0.2) is 0 Å². The van der Waals surface area contributed by atoms with Crippen LogP contribution in [0.25, 0.3) is 106 Å². The van der Waals surface area contributed by atoms with E-state index in [-0.39, 0.29) is 0 Å². The van der Waals surface area contributed by atoms with Gasteiger partial charge in [0.05, 0.1) is 10.4 Å². The Hall–Kier alpha value is -6.98. The molecular formula is C54H31NOS2. The Morgan fingerprint density at radius 2 is 0.931 bits per heavy atom. The summed E-state index contributed by atoms with van der Waals surface area (Å²) in [5, 5.41) is 15.1. The molecule has 0 bridgehead atoms. The molecule has 0 aliphatic heterocycles. The number of thiophene rings is 2. The van der Waals surface area contributed by atoms with E-state index in [0.29, 0.717) is 0 Å². The first-order valence-electron chi connectivity index (χ1n) is 19.7. The van der Waals surface area contributed by atoms with Gasteiger partial charge in [-0.3, -0.25) is 0 Å². The monoisotopic (exact) mass is 773 g/mol. The summed E-state index contributed by atoms with van der Waals surface area (Å²) in [7, 11) is 0. The SMILES string of the molecule is c1cc(-c2ccc3c(c2)oc2ccc4sc5ccccc5c4c23)cc(N(c2ccc3c4ccccc4c4ccccc4c3c2)c2cccc3c2sc2ccccc23)c1. The van der Waals surface area contributed by atoms with Gasteiger partial charge in [-0.05, 0) is 110 Å². The van der Waals surface area contributed by atoms with E-state index in [9.17, 15) is 0 Å². The van der Waals surface area contributed by atoms with Crippen molar-refractivity contribution >= 4 is 134 Å². The van der Waals surface area contributed by atoms with E-state index >= 15 is 0 Å². The summed E-state index contributed by atoms with van der Waals surface area (Å²) < 4.78 is 11.8. The molecule has 0 saturated heterocycles. The van der Waals surface area contributed by atoms with E-state index in [4.69, 9.17) is 4.42 Å². The largest absolute Gasteiger partial charge is 0.456 e. The maximum absolute atomic E-state index is 6.64. The Kier molecular flexibility index (Phi) is 6.79. The molecule has 270 valence electrons. The minimum Gasteiger partial charge on any atom is -0.456 e. The maximum Gasteiger partial charge on any atom is 0.136 e. The Morgan fingerprint density at radius 3 is 1.72 bits per heavy atom. The lowest BCUT2D eigenvalue weighted by atomic mass is 9.94. The molecule has 2 nitrogen and oxygen atoms in total. The van der Waals surface area contributed by atoms with Crippen LogP contribution in [0.1, 0.15) is 0 Å². The number of fused-ring (bicyclic) bond motifs is 16. The molecule has 0 unspecified atom stereocenters. The molecule has 0 atom stereocenters. The third kappa shape index (κ3) is 4.64. The molecule has 3 heterocycles. The molecule has 0 saturated carbocycles. The van der Waals surface area contributed by atoms with Gasteiger partial charge in [-0.25, -0.2) is 0 Å². The molecule has 0 aliphatic carbocycles. The normalized spacial score (nSPS) is 12.1. The Bertz CT molecular complexity index is 3790. The summed E-state index contributed by atoms with van der Waals surface area (Å²) in [4.78, 5) is 2.46. The molecule has 0 aliphatic rings. The minimum atomic E-state index is 0.904. The summed E-state index contributed by atoms with van der Waals surface area (Å²) >= 11 is 3.71. The van der Waals surface area contributed by atoms with Gasteiger partial charge in [-0.15, -0.1) is 22.7 Å². The summed E-state index contributed by atoms with van der Waals surface area (Å²) in [6.07, 6.45) is 0. The standard InChI is InChI=1S/C54H31NOS2/c1-2-15-38-36(13-1)37-14-3-4-16-39(37)45-31-35(24-26-40(38)45)55(46-20-10-19-42-41-17-5-7-21-49(41)58-54(42)46)34-12-9-11-32(29-34)33-23-25-43-48(30-33)56-47-27-28-51-53(52(43)47)44-18-6-8-22-50(44)57-51/h1-31H. The van der Waals surface area contributed by atoms with Crippen molar-refractivity contribution < 1.29 is 4.42 Å². The zero-order chi connectivity index (χ0) is 37.9. The highest BCUT2D eigenvalue weighted by atomic mass is 32.1. The van der Waals surface area contributed by atoms with E-state index in [1.807, 2.05) is 22.7 Å². The quantitative estimate of drug-likeness (QED) is 0.166. The third-order valence-corrected chi connectivity index (χ3v) is 14.4. The Morgan fingerprint density at radius 1 is 0.328 bits per heavy atom. The summed E-state index contributed by atoms with van der Waals surface area (Å²) in [6, 6.07) is 69.0. The zero-order valence-electron chi connectivity index (χ0n) is 31.1. The van der Waals surface area contributed by atoms with Crippen molar-refractivity contribution in [1.82, 2.24) is 0 Å². The highest BCUT2D eigenvalue weighted by molar-refractivity contribution is 7.26. The predicted octanol–water partition coefficient (Wildman–Crippen LogP) is 16.9. The molecule has 0 N–H and O–H groups in total. The average molecular weight is 774 g/mol. The summed E-state index contributed by atoms with van der Waals surface area (Å²) in [5.41, 5.74) is 7.47. The molecule has 13 rings (SSSR count). The van der Waals surface area contributed by atoms with Crippen LogP contribution in [-0.2, 0) is 0 Å². The van der Waals surface area contributed by atoms with Gasteiger partial charge in [-0.1, -0.05) is 121 Å². The highest BCUT2D eigenvalue weighted by Crippen LogP contribution is 2.48. The fourth-order valence-electron chi connectivity index (χ4n) is 9.46. The molecule has 0 spiro atoms. The van der Waals surface area contributed by atoms with Crippen molar-refractivity contribution in [2.24, 2.45) is 0 Å². The molecule has 0 fully saturated rings. The molecule has 3 aromatic heterocycles. The number of hydrogen-bond acceptors (Lipinski definition) is 4. The number of nitrogens with zero attached hydrogens (tertiary/aromatic N) is 1. The topological polar surface area (TPSA) is 16.4 Å². The van der Waals surface area contributed by atoms with Crippen molar-refractivity contribution in [3.05, 3.63) is 188 Å². The third-order valence-electron chi connectivity index (χ3n) is 12.0. The van der Waals surface area contributed by atoms with Crippen molar-refractivity contribution in [3.8, 4) is 11.1 Å². The number of hydrogen-bond donors (Lipinski definition) is 0. The van der Waals surface area contributed by atoms with Gasteiger partial charge in [0.2, 0.25) is 0 Å². The van der Waals surface area contributed by atoms with Gasteiger partial charge in [-0.2, -0.15) is 0 Å². The first kappa shape index (κ1) is 32.1. The van der Waals surface area contributed by atoms with Crippen LogP contribution < -0.4 is 4.90 Å². The molecule has 4 heteroatoms. The van der Waals surface area contributed by atoms with Crippen LogP contribution >= 0.6 is 22.7 Å². The van der Waals surface area contributed by atoms with Crippen molar-refractivity contribution in [1.29, 1.82) is 0 Å². The fraction of sp³-hybridized carbons (Fsp3) is 0. The van der Waals surface area contributed by atoms with Crippen LogP contribution in [0.3, 0.4) is 0 Å². The highest BCUT2D eigenvalue weighted by Gasteiger charge is 2.21. The number of anilines is 3. The molecule has 0 amide bonds. The summed E-state index contributed by atoms with van der Waals surface area (Å²) in [5.74, 6) is 0. The first-order chi connectivity index (χ1) is 28.7. The molecule has 0 radical (unpaired) electrons. The van der Waals surface area contributed by atoms with Gasteiger partial charge in [0.25, 0.3) is 0 Å². The van der Waals surface area contributed by atoms with Crippen molar-refractivity contribution in [2.45, 2.75) is 0 Å². The second kappa shape index (κ2) is 12.3. The van der Waals surface area contributed by atoms with Crippen LogP contribution in [0.2, 0.25) is 0 Å². The van der Waals surface area contributed by atoms with E-state index in [2.05, 4.69) is 193 Å². The average Bonchev–Trinajstić information content (AvgIpc) is 3.98. The van der Waals surface area contributed by atoms with Crippen LogP contribution in [0.4, 0.5) is 17.1 Å². The lowest BCUT2D eigenvalue weighted by Crippen LogP contribution is -2.10. The molecular weight excluding hydrogens is 743 g/mol. The molecule has 10 aromatic carbocycles. The number of rotatable bonds is 4. The first-order valence-corrected chi connectivity index (χ1v) is 21.3. The van der Waals surface area contributed by atoms with E-state index in [0.717, 1.165) is 39.1 Å². The predicted molar refractivity (Wildman–Crippen MR) is 252 cm³/mol. The molecule has 58 heavy (non-hydrogen) atoms. The smallest absolute Gasteiger partial charge is 0.136 e. The maximum atomic E-state index is 6.64. The lowest BCUT2D eigenvalue weighted by molar-refractivity contribution is 0.669. The number of benzene rings is 10. The minimum absolute atomic E-state index is 0.904. The van der Waals surface area contributed by atoms with Crippen LogP contribution in [0.15, 0.2) is 192 Å². The van der Waals surface area contributed by atoms with E-state index in [1.165, 1.54) is 83.7 Å².